The Morgan fingerprint density at radius 2 is 1.90 bits per heavy atom. The lowest BCUT2D eigenvalue weighted by atomic mass is 10.3. The highest BCUT2D eigenvalue weighted by Gasteiger charge is 2.24. The van der Waals surface area contributed by atoms with Crippen molar-refractivity contribution in [1.82, 2.24) is 15.0 Å². The Bertz CT molecular complexity index is 671. The summed E-state index contributed by atoms with van der Waals surface area (Å²) in [4.78, 5) is 26.0. The minimum absolute atomic E-state index is 0.169. The number of hydrogen-bond acceptors (Lipinski definition) is 5. The summed E-state index contributed by atoms with van der Waals surface area (Å²) in [5, 5.41) is 3.83. The maximum Gasteiger partial charge on any atom is 0.270 e. The highest BCUT2D eigenvalue weighted by atomic mass is 32.1. The van der Waals surface area contributed by atoms with Gasteiger partial charge in [-0.3, -0.25) is 10.1 Å². The van der Waals surface area contributed by atoms with Gasteiger partial charge < -0.3 is 0 Å². The molecule has 0 atom stereocenters. The summed E-state index contributed by atoms with van der Waals surface area (Å²) >= 11 is 1.48. The molecule has 1 amide bonds. The van der Waals surface area contributed by atoms with Crippen LogP contribution in [0.15, 0.2) is 6.07 Å². The van der Waals surface area contributed by atoms with Gasteiger partial charge in [0.2, 0.25) is 5.95 Å². The van der Waals surface area contributed by atoms with E-state index >= 15 is 0 Å². The molecule has 110 valence electrons. The molecule has 5 nitrogen and oxygen atoms in total. The maximum absolute atomic E-state index is 12.4. The van der Waals surface area contributed by atoms with Gasteiger partial charge in [0.25, 0.3) is 5.91 Å². The van der Waals surface area contributed by atoms with Crippen LogP contribution in [-0.2, 0) is 6.42 Å². The predicted octanol–water partition coefficient (Wildman–Crippen LogP) is 3.06. The maximum atomic E-state index is 12.4. The minimum Gasteiger partial charge on any atom is -0.290 e. The molecule has 0 saturated heterocycles. The van der Waals surface area contributed by atoms with Crippen LogP contribution in [0.2, 0.25) is 0 Å². The van der Waals surface area contributed by atoms with Gasteiger partial charge in [0.05, 0.1) is 10.7 Å². The van der Waals surface area contributed by atoms with Crippen LogP contribution in [0, 0.1) is 26.7 Å². The molecule has 1 aliphatic carbocycles. The molecule has 0 bridgehead atoms. The van der Waals surface area contributed by atoms with Gasteiger partial charge in [-0.25, -0.2) is 15.0 Å². The molecule has 6 heteroatoms. The Balaban J connectivity index is 1.76. The smallest absolute Gasteiger partial charge is 0.270 e. The average molecular weight is 302 g/mol. The summed E-state index contributed by atoms with van der Waals surface area (Å²) in [6, 6.07) is 1.88. The number of aromatic nitrogens is 3. The van der Waals surface area contributed by atoms with Crippen LogP contribution >= 0.6 is 11.3 Å². The molecule has 2 heterocycles. The fourth-order valence-corrected chi connectivity index (χ4v) is 3.33. The Labute approximate surface area is 127 Å². The molecule has 1 saturated carbocycles. The van der Waals surface area contributed by atoms with Gasteiger partial charge in [-0.15, -0.1) is 11.3 Å². The summed E-state index contributed by atoms with van der Waals surface area (Å²) < 4.78 is 0. The van der Waals surface area contributed by atoms with E-state index in [2.05, 4.69) is 20.3 Å². The monoisotopic (exact) mass is 302 g/mol. The van der Waals surface area contributed by atoms with Crippen molar-refractivity contribution in [3.63, 3.8) is 0 Å². The van der Waals surface area contributed by atoms with E-state index in [1.165, 1.54) is 24.2 Å². The first-order chi connectivity index (χ1) is 10.0. The zero-order chi connectivity index (χ0) is 15.0. The third-order valence-electron chi connectivity index (χ3n) is 3.41. The summed E-state index contributed by atoms with van der Waals surface area (Å²) in [5.74, 6) is 0.959. The number of thiazole rings is 1. The number of carbonyl (C=O) groups is 1. The number of nitrogens with one attached hydrogen (secondary N) is 1. The van der Waals surface area contributed by atoms with Gasteiger partial charge in [-0.05, 0) is 45.6 Å². The first-order valence-electron chi connectivity index (χ1n) is 7.11. The molecular weight excluding hydrogens is 284 g/mol. The van der Waals surface area contributed by atoms with Gasteiger partial charge in [0, 0.05) is 17.8 Å². The van der Waals surface area contributed by atoms with E-state index < -0.39 is 0 Å². The zero-order valence-corrected chi connectivity index (χ0v) is 13.3. The molecule has 1 fully saturated rings. The van der Waals surface area contributed by atoms with Crippen molar-refractivity contribution in [3.05, 3.63) is 33.0 Å². The molecule has 3 rings (SSSR count). The second kappa shape index (κ2) is 5.52. The zero-order valence-electron chi connectivity index (χ0n) is 12.4. The van der Waals surface area contributed by atoms with Gasteiger partial charge in [0.1, 0.15) is 4.88 Å². The number of amides is 1. The Morgan fingerprint density at radius 1 is 1.24 bits per heavy atom. The van der Waals surface area contributed by atoms with Gasteiger partial charge in [-0.1, -0.05) is 0 Å². The molecule has 0 aliphatic heterocycles. The molecule has 0 spiro atoms. The number of hydrogen-bond donors (Lipinski definition) is 1. The van der Waals surface area contributed by atoms with Crippen LogP contribution in [0.1, 0.15) is 44.6 Å². The SMILES string of the molecule is Cc1cc(C)nc(NC(=O)c2sc(CC3CC3)nc2C)n1. The average Bonchev–Trinajstić information content (AvgIpc) is 3.10. The van der Waals surface area contributed by atoms with Crippen LogP contribution in [0.3, 0.4) is 0 Å². The van der Waals surface area contributed by atoms with Crippen LogP contribution in [-0.4, -0.2) is 20.9 Å². The van der Waals surface area contributed by atoms with Gasteiger partial charge in [0.15, 0.2) is 0 Å². The van der Waals surface area contributed by atoms with E-state index in [1.807, 2.05) is 26.8 Å². The van der Waals surface area contributed by atoms with Crippen molar-refractivity contribution >= 4 is 23.2 Å². The summed E-state index contributed by atoms with van der Waals surface area (Å²) in [5.41, 5.74) is 2.47. The molecule has 0 aromatic carbocycles. The predicted molar refractivity (Wildman–Crippen MR) is 82.7 cm³/mol. The molecule has 1 aliphatic rings. The lowest BCUT2D eigenvalue weighted by Gasteiger charge is -2.04. The molecule has 21 heavy (non-hydrogen) atoms. The van der Waals surface area contributed by atoms with Crippen LogP contribution in [0.25, 0.3) is 0 Å². The number of aryl methyl sites for hydroxylation is 3. The number of carbonyl (C=O) groups excluding carboxylic acids is 1. The van der Waals surface area contributed by atoms with Crippen LogP contribution < -0.4 is 5.32 Å². The van der Waals surface area contributed by atoms with Crippen molar-refractivity contribution in [1.29, 1.82) is 0 Å². The number of rotatable bonds is 4. The van der Waals surface area contributed by atoms with E-state index in [9.17, 15) is 4.79 Å². The molecule has 0 unspecified atom stereocenters. The Morgan fingerprint density at radius 3 is 2.52 bits per heavy atom. The van der Waals surface area contributed by atoms with Crippen molar-refractivity contribution in [2.45, 2.75) is 40.0 Å². The van der Waals surface area contributed by atoms with E-state index in [0.29, 0.717) is 10.8 Å². The first kappa shape index (κ1) is 14.1. The van der Waals surface area contributed by atoms with Crippen molar-refractivity contribution in [2.75, 3.05) is 5.32 Å². The molecule has 2 aromatic rings. The summed E-state index contributed by atoms with van der Waals surface area (Å²) in [6.07, 6.45) is 3.58. The molecular formula is C15H18N4OS. The second-order valence-electron chi connectivity index (χ2n) is 5.60. The Hall–Kier alpha value is -1.82. The quantitative estimate of drug-likeness (QED) is 0.942. The summed E-state index contributed by atoms with van der Waals surface area (Å²) in [7, 11) is 0. The largest absolute Gasteiger partial charge is 0.290 e. The standard InChI is InChI=1S/C15H18N4OS/c1-8-6-9(2)17-15(16-8)19-14(20)13-10(3)18-12(21-13)7-11-4-5-11/h6,11H,4-5,7H2,1-3H3,(H,16,17,19,20). The number of nitrogens with zero attached hydrogens (tertiary/aromatic N) is 3. The highest BCUT2D eigenvalue weighted by molar-refractivity contribution is 7.13. The van der Waals surface area contributed by atoms with E-state index in [4.69, 9.17) is 0 Å². The lowest BCUT2D eigenvalue weighted by molar-refractivity contribution is 0.102. The number of anilines is 1. The van der Waals surface area contributed by atoms with Crippen LogP contribution in [0.5, 0.6) is 0 Å². The van der Waals surface area contributed by atoms with Crippen molar-refractivity contribution < 1.29 is 4.79 Å². The van der Waals surface area contributed by atoms with Gasteiger partial charge >= 0.3 is 0 Å². The van der Waals surface area contributed by atoms with E-state index in [0.717, 1.165) is 34.4 Å². The molecule has 2 aromatic heterocycles. The van der Waals surface area contributed by atoms with E-state index in [1.54, 1.807) is 0 Å². The Kier molecular flexibility index (Phi) is 3.71. The molecule has 1 N–H and O–H groups in total. The fourth-order valence-electron chi connectivity index (χ4n) is 2.26. The fraction of sp³-hybridized carbons (Fsp3) is 0.467. The summed E-state index contributed by atoms with van der Waals surface area (Å²) in [6.45, 7) is 5.65. The lowest BCUT2D eigenvalue weighted by Crippen LogP contribution is -2.14. The van der Waals surface area contributed by atoms with Crippen LogP contribution in [0.4, 0.5) is 5.95 Å². The third-order valence-corrected chi connectivity index (χ3v) is 4.59. The molecule has 0 radical (unpaired) electrons. The van der Waals surface area contributed by atoms with Crippen molar-refractivity contribution in [3.8, 4) is 0 Å². The third kappa shape index (κ3) is 3.44. The normalized spacial score (nSPS) is 14.2. The highest BCUT2D eigenvalue weighted by Crippen LogP contribution is 2.34. The first-order valence-corrected chi connectivity index (χ1v) is 7.93. The van der Waals surface area contributed by atoms with Crippen molar-refractivity contribution in [2.24, 2.45) is 5.92 Å². The minimum atomic E-state index is -0.169. The topological polar surface area (TPSA) is 67.8 Å². The second-order valence-corrected chi connectivity index (χ2v) is 6.68. The van der Waals surface area contributed by atoms with Gasteiger partial charge in [-0.2, -0.15) is 0 Å². The van der Waals surface area contributed by atoms with E-state index in [-0.39, 0.29) is 5.91 Å².